The van der Waals surface area contributed by atoms with E-state index in [1.165, 1.54) is 23.8 Å². The molecule has 5 nitrogen and oxygen atoms in total. The number of anilines is 1. The Morgan fingerprint density at radius 2 is 1.80 bits per heavy atom. The highest BCUT2D eigenvalue weighted by molar-refractivity contribution is 7.90. The molecule has 0 radical (unpaired) electrons. The van der Waals surface area contributed by atoms with Gasteiger partial charge in [-0.2, -0.15) is 0 Å². The van der Waals surface area contributed by atoms with Gasteiger partial charge in [0, 0.05) is 24.1 Å². The Kier molecular flexibility index (Phi) is 9.33. The van der Waals surface area contributed by atoms with Gasteiger partial charge in [0.25, 0.3) is 0 Å². The number of ether oxygens (including phenoxy) is 1. The minimum atomic E-state index is -2.93. The number of aromatic nitrogens is 1. The summed E-state index contributed by atoms with van der Waals surface area (Å²) in [6.45, 7) is 9.39. The molecule has 0 aliphatic heterocycles. The first-order valence-electron chi connectivity index (χ1n) is 12.5. The van der Waals surface area contributed by atoms with Crippen LogP contribution in [0.2, 0.25) is 0 Å². The maximum Gasteiger partial charge on any atom is 0.147 e. The molecule has 0 bridgehead atoms. The van der Waals surface area contributed by atoms with E-state index in [0.717, 1.165) is 46.3 Å². The van der Waals surface area contributed by atoms with Crippen molar-refractivity contribution < 1.29 is 13.2 Å². The summed E-state index contributed by atoms with van der Waals surface area (Å²) < 4.78 is 28.6. The predicted octanol–water partition coefficient (Wildman–Crippen LogP) is 6.24. The largest absolute Gasteiger partial charge is 0.489 e. The molecule has 0 saturated heterocycles. The number of aryl methyl sites for hydroxylation is 1. The third kappa shape index (κ3) is 7.82. The highest BCUT2D eigenvalue weighted by Gasteiger charge is 2.18. The third-order valence-corrected chi connectivity index (χ3v) is 7.07. The van der Waals surface area contributed by atoms with E-state index in [0.29, 0.717) is 19.6 Å². The zero-order valence-corrected chi connectivity index (χ0v) is 22.4. The summed E-state index contributed by atoms with van der Waals surface area (Å²) in [7, 11) is -2.93. The molecule has 1 N–H and O–H groups in total. The van der Waals surface area contributed by atoms with Crippen LogP contribution in [0.15, 0.2) is 54.6 Å². The van der Waals surface area contributed by atoms with E-state index >= 15 is 0 Å². The van der Waals surface area contributed by atoms with Crippen molar-refractivity contribution in [3.8, 4) is 16.9 Å². The molecule has 2 aromatic carbocycles. The third-order valence-electron chi connectivity index (χ3n) is 6.04. The monoisotopic (exact) mass is 494 g/mol. The Morgan fingerprint density at radius 1 is 1.03 bits per heavy atom. The molecule has 0 spiro atoms. The minimum absolute atomic E-state index is 0.177. The van der Waals surface area contributed by atoms with Crippen LogP contribution in [-0.2, 0) is 29.3 Å². The topological polar surface area (TPSA) is 68.3 Å². The molecule has 1 atom stereocenters. The van der Waals surface area contributed by atoms with E-state index in [2.05, 4.69) is 65.8 Å². The molecule has 188 valence electrons. The SMILES string of the molecule is CC.Cc1nc(NCCCS(C)(=O)=O)ccc1-c1cccc(COc2ccc3c(c2)CC(C)C3)c1. The number of nitrogens with one attached hydrogen (secondary N) is 1. The van der Waals surface area contributed by atoms with Crippen molar-refractivity contribution in [2.45, 2.75) is 53.6 Å². The number of pyridine rings is 1. The summed E-state index contributed by atoms with van der Waals surface area (Å²) in [5, 5.41) is 3.21. The Labute approximate surface area is 210 Å². The van der Waals surface area contributed by atoms with Gasteiger partial charge in [-0.3, -0.25) is 0 Å². The summed E-state index contributed by atoms with van der Waals surface area (Å²) in [6, 6.07) is 18.8. The molecule has 0 amide bonds. The van der Waals surface area contributed by atoms with Crippen LogP contribution >= 0.6 is 0 Å². The maximum absolute atomic E-state index is 11.3. The molecule has 1 aliphatic rings. The van der Waals surface area contributed by atoms with Crippen molar-refractivity contribution in [2.24, 2.45) is 5.92 Å². The minimum Gasteiger partial charge on any atom is -0.489 e. The smallest absolute Gasteiger partial charge is 0.147 e. The van der Waals surface area contributed by atoms with Crippen LogP contribution in [0.1, 0.15) is 49.6 Å². The van der Waals surface area contributed by atoms with Gasteiger partial charge in [-0.15, -0.1) is 0 Å². The second-order valence-corrected chi connectivity index (χ2v) is 11.4. The van der Waals surface area contributed by atoms with Crippen LogP contribution in [0, 0.1) is 12.8 Å². The molecule has 1 aromatic heterocycles. The number of hydrogen-bond acceptors (Lipinski definition) is 5. The zero-order chi connectivity index (χ0) is 25.4. The molecular weight excluding hydrogens is 456 g/mol. The molecule has 35 heavy (non-hydrogen) atoms. The van der Waals surface area contributed by atoms with E-state index in [1.807, 2.05) is 26.8 Å². The van der Waals surface area contributed by atoms with Crippen molar-refractivity contribution in [1.29, 1.82) is 0 Å². The zero-order valence-electron chi connectivity index (χ0n) is 21.6. The van der Waals surface area contributed by atoms with Crippen LogP contribution in [0.25, 0.3) is 11.1 Å². The average Bonchev–Trinajstić information content (AvgIpc) is 3.21. The lowest BCUT2D eigenvalue weighted by atomic mass is 10.0. The highest BCUT2D eigenvalue weighted by Crippen LogP contribution is 2.30. The molecule has 1 heterocycles. The van der Waals surface area contributed by atoms with Crippen LogP contribution in [-0.4, -0.2) is 32.0 Å². The molecule has 6 heteroatoms. The Morgan fingerprint density at radius 3 is 2.54 bits per heavy atom. The number of hydrogen-bond donors (Lipinski definition) is 1. The first-order valence-corrected chi connectivity index (χ1v) is 14.6. The fraction of sp³-hybridized carbons (Fsp3) is 0.414. The van der Waals surface area contributed by atoms with Gasteiger partial charge in [-0.1, -0.05) is 45.0 Å². The van der Waals surface area contributed by atoms with E-state index in [-0.39, 0.29) is 5.75 Å². The summed E-state index contributed by atoms with van der Waals surface area (Å²) in [5.41, 5.74) is 7.09. The number of fused-ring (bicyclic) bond motifs is 1. The Bertz CT molecular complexity index is 1240. The number of benzene rings is 2. The van der Waals surface area contributed by atoms with Gasteiger partial charge in [-0.25, -0.2) is 13.4 Å². The Balaban J connectivity index is 0.00000167. The normalized spacial score (nSPS) is 14.6. The van der Waals surface area contributed by atoms with E-state index < -0.39 is 9.84 Å². The van der Waals surface area contributed by atoms with Gasteiger partial charge in [0.05, 0.1) is 5.75 Å². The Hall–Kier alpha value is -2.86. The first-order chi connectivity index (χ1) is 16.8. The van der Waals surface area contributed by atoms with Crippen LogP contribution < -0.4 is 10.1 Å². The van der Waals surface area contributed by atoms with Gasteiger partial charge in [0.1, 0.15) is 28.0 Å². The number of sulfone groups is 1. The lowest BCUT2D eigenvalue weighted by molar-refractivity contribution is 0.306. The highest BCUT2D eigenvalue weighted by atomic mass is 32.2. The lowest BCUT2D eigenvalue weighted by Crippen LogP contribution is -2.10. The number of nitrogens with zero attached hydrogens (tertiary/aromatic N) is 1. The van der Waals surface area contributed by atoms with Crippen molar-refractivity contribution in [1.82, 2.24) is 4.98 Å². The predicted molar refractivity (Wildman–Crippen MR) is 146 cm³/mol. The molecular formula is C29H38N2O3S. The summed E-state index contributed by atoms with van der Waals surface area (Å²) in [6.07, 6.45) is 4.12. The molecule has 0 saturated carbocycles. The fourth-order valence-corrected chi connectivity index (χ4v) is 5.08. The molecule has 1 aliphatic carbocycles. The van der Waals surface area contributed by atoms with Gasteiger partial charge in [0.2, 0.25) is 0 Å². The summed E-state index contributed by atoms with van der Waals surface area (Å²) in [4.78, 5) is 4.65. The van der Waals surface area contributed by atoms with E-state index in [9.17, 15) is 8.42 Å². The van der Waals surface area contributed by atoms with Gasteiger partial charge >= 0.3 is 0 Å². The van der Waals surface area contributed by atoms with Crippen LogP contribution in [0.3, 0.4) is 0 Å². The van der Waals surface area contributed by atoms with E-state index in [1.54, 1.807) is 0 Å². The van der Waals surface area contributed by atoms with Crippen molar-refractivity contribution in [3.05, 3.63) is 77.0 Å². The first kappa shape index (κ1) is 26.7. The summed E-state index contributed by atoms with van der Waals surface area (Å²) in [5.74, 6) is 2.58. The van der Waals surface area contributed by atoms with E-state index in [4.69, 9.17) is 4.74 Å². The lowest BCUT2D eigenvalue weighted by Gasteiger charge is -2.12. The van der Waals surface area contributed by atoms with Gasteiger partial charge in [-0.05, 0) is 84.7 Å². The van der Waals surface area contributed by atoms with Crippen molar-refractivity contribution in [3.63, 3.8) is 0 Å². The second kappa shape index (κ2) is 12.2. The molecule has 3 aromatic rings. The summed E-state index contributed by atoms with van der Waals surface area (Å²) >= 11 is 0. The fourth-order valence-electron chi connectivity index (χ4n) is 4.41. The van der Waals surface area contributed by atoms with Gasteiger partial charge in [0.15, 0.2) is 0 Å². The average molecular weight is 495 g/mol. The molecule has 0 fully saturated rings. The van der Waals surface area contributed by atoms with Crippen LogP contribution in [0.5, 0.6) is 5.75 Å². The standard InChI is InChI=1S/C27H32N2O3S.C2H6/c1-19-14-22-8-9-25(17-24(22)15-19)32-18-21-6-4-7-23(16-21)26-10-11-27(29-20(26)2)28-12-5-13-33(3,30)31;1-2/h4,6-11,16-17,19H,5,12-15,18H2,1-3H3,(H,28,29);1-2H3. The molecule has 4 rings (SSSR count). The quantitative estimate of drug-likeness (QED) is 0.357. The van der Waals surface area contributed by atoms with Crippen LogP contribution in [0.4, 0.5) is 5.82 Å². The second-order valence-electron chi connectivity index (χ2n) is 9.17. The van der Waals surface area contributed by atoms with Crippen molar-refractivity contribution >= 4 is 15.7 Å². The molecule has 1 unspecified atom stereocenters. The maximum atomic E-state index is 11.3. The van der Waals surface area contributed by atoms with Crippen molar-refractivity contribution in [2.75, 3.05) is 23.9 Å². The van der Waals surface area contributed by atoms with Gasteiger partial charge < -0.3 is 10.1 Å². The number of rotatable bonds is 9.